The average Bonchev–Trinajstić information content (AvgIpc) is 2.69. The summed E-state index contributed by atoms with van der Waals surface area (Å²) in [4.78, 5) is 6.69. The molecule has 0 bridgehead atoms. The molecule has 2 heterocycles. The molecule has 1 N–H and O–H groups in total. The fraction of sp³-hybridized carbons (Fsp3) is 0.800. The molecule has 0 unspecified atom stereocenters. The lowest BCUT2D eigenvalue weighted by atomic mass is 10.2. The van der Waals surface area contributed by atoms with E-state index in [2.05, 4.69) is 27.3 Å². The summed E-state index contributed by atoms with van der Waals surface area (Å²) in [6.07, 6.45) is 0.810. The fourth-order valence-corrected chi connectivity index (χ4v) is 1.80. The van der Waals surface area contributed by atoms with Gasteiger partial charge in [0.2, 0.25) is 5.89 Å². The van der Waals surface area contributed by atoms with E-state index < -0.39 is 0 Å². The van der Waals surface area contributed by atoms with Crippen molar-refractivity contribution < 1.29 is 4.52 Å². The van der Waals surface area contributed by atoms with Crippen molar-refractivity contribution >= 4 is 12.4 Å². The fourth-order valence-electron chi connectivity index (χ4n) is 1.80. The van der Waals surface area contributed by atoms with Gasteiger partial charge in [-0.1, -0.05) is 12.1 Å². The van der Waals surface area contributed by atoms with Crippen LogP contribution in [0.3, 0.4) is 0 Å². The van der Waals surface area contributed by atoms with Crippen molar-refractivity contribution in [3.05, 3.63) is 11.7 Å². The predicted octanol–water partition coefficient (Wildman–Crippen LogP) is 0.847. The maximum Gasteiger partial charge on any atom is 0.226 e. The number of rotatable bonds is 3. The van der Waals surface area contributed by atoms with Gasteiger partial charge in [0.1, 0.15) is 0 Å². The van der Waals surface area contributed by atoms with Gasteiger partial charge in [-0.3, -0.25) is 4.90 Å². The molecule has 1 saturated heterocycles. The molecule has 2 rings (SSSR count). The molecule has 16 heavy (non-hydrogen) atoms. The first kappa shape index (κ1) is 13.4. The second-order valence-electron chi connectivity index (χ2n) is 3.98. The molecule has 1 aliphatic heterocycles. The zero-order valence-corrected chi connectivity index (χ0v) is 10.6. The number of hydrogen-bond acceptors (Lipinski definition) is 5. The molecule has 0 aliphatic carbocycles. The third-order valence-corrected chi connectivity index (χ3v) is 2.80. The predicted molar refractivity (Wildman–Crippen MR) is 63.7 cm³/mol. The number of hydrogen-bond donors (Lipinski definition) is 1. The van der Waals surface area contributed by atoms with Crippen LogP contribution >= 0.6 is 12.4 Å². The van der Waals surface area contributed by atoms with Crippen LogP contribution in [0.4, 0.5) is 0 Å². The van der Waals surface area contributed by atoms with Gasteiger partial charge in [-0.25, -0.2) is 0 Å². The van der Waals surface area contributed by atoms with Crippen LogP contribution in [0.2, 0.25) is 0 Å². The summed E-state index contributed by atoms with van der Waals surface area (Å²) in [5.41, 5.74) is 0. The van der Waals surface area contributed by atoms with E-state index in [1.54, 1.807) is 0 Å². The standard InChI is InChI=1S/C10H18N4O.ClH/c1-3-10-12-9(13-15-10)7-14-5-4-11-6-8(14)2;/h8,11H,3-7H2,1-2H3;1H/t8-;/m1./s1. The molecule has 1 fully saturated rings. The maximum absolute atomic E-state index is 5.09. The first-order valence-corrected chi connectivity index (χ1v) is 5.56. The van der Waals surface area contributed by atoms with Crippen molar-refractivity contribution in [3.8, 4) is 0 Å². The second-order valence-corrected chi connectivity index (χ2v) is 3.98. The van der Waals surface area contributed by atoms with Crippen LogP contribution < -0.4 is 5.32 Å². The Morgan fingerprint density at radius 1 is 1.56 bits per heavy atom. The minimum atomic E-state index is 0. The van der Waals surface area contributed by atoms with Crippen LogP contribution in [0, 0.1) is 0 Å². The molecule has 0 aromatic carbocycles. The number of nitrogens with zero attached hydrogens (tertiary/aromatic N) is 3. The number of halogens is 1. The average molecular weight is 247 g/mol. The Labute approximate surface area is 102 Å². The van der Waals surface area contributed by atoms with Gasteiger partial charge in [-0.15, -0.1) is 12.4 Å². The van der Waals surface area contributed by atoms with Gasteiger partial charge in [0.15, 0.2) is 5.82 Å². The Morgan fingerprint density at radius 2 is 2.38 bits per heavy atom. The summed E-state index contributed by atoms with van der Waals surface area (Å²) in [7, 11) is 0. The van der Waals surface area contributed by atoms with Crippen molar-refractivity contribution in [1.29, 1.82) is 0 Å². The zero-order chi connectivity index (χ0) is 10.7. The third-order valence-electron chi connectivity index (χ3n) is 2.80. The van der Waals surface area contributed by atoms with Gasteiger partial charge in [0, 0.05) is 32.1 Å². The quantitative estimate of drug-likeness (QED) is 0.857. The highest BCUT2D eigenvalue weighted by atomic mass is 35.5. The van der Waals surface area contributed by atoms with Gasteiger partial charge < -0.3 is 9.84 Å². The number of piperazine rings is 1. The zero-order valence-electron chi connectivity index (χ0n) is 9.77. The van der Waals surface area contributed by atoms with E-state index in [0.29, 0.717) is 6.04 Å². The summed E-state index contributed by atoms with van der Waals surface area (Å²) < 4.78 is 5.09. The third kappa shape index (κ3) is 3.17. The van der Waals surface area contributed by atoms with Crippen molar-refractivity contribution in [3.63, 3.8) is 0 Å². The lowest BCUT2D eigenvalue weighted by Gasteiger charge is -2.32. The van der Waals surface area contributed by atoms with Crippen LogP contribution in [0.1, 0.15) is 25.6 Å². The topological polar surface area (TPSA) is 54.2 Å². The molecule has 5 nitrogen and oxygen atoms in total. The Morgan fingerprint density at radius 3 is 3.00 bits per heavy atom. The Balaban J connectivity index is 0.00000128. The summed E-state index contributed by atoms with van der Waals surface area (Å²) in [6, 6.07) is 0.544. The van der Waals surface area contributed by atoms with Gasteiger partial charge in [0.05, 0.1) is 6.54 Å². The summed E-state index contributed by atoms with van der Waals surface area (Å²) in [6.45, 7) is 8.17. The summed E-state index contributed by atoms with van der Waals surface area (Å²) in [5, 5.41) is 7.33. The van der Waals surface area contributed by atoms with E-state index in [9.17, 15) is 0 Å². The van der Waals surface area contributed by atoms with Crippen molar-refractivity contribution in [2.45, 2.75) is 32.9 Å². The molecule has 1 aromatic heterocycles. The van der Waals surface area contributed by atoms with Gasteiger partial charge in [-0.2, -0.15) is 4.98 Å². The molecule has 0 radical (unpaired) electrons. The SMILES string of the molecule is CCc1nc(CN2CCNC[C@H]2C)no1.Cl. The first-order chi connectivity index (χ1) is 7.29. The van der Waals surface area contributed by atoms with Gasteiger partial charge in [-0.05, 0) is 6.92 Å². The molecule has 92 valence electrons. The highest BCUT2D eigenvalue weighted by Gasteiger charge is 2.19. The van der Waals surface area contributed by atoms with E-state index in [0.717, 1.165) is 44.3 Å². The minimum absolute atomic E-state index is 0. The molecule has 6 heteroatoms. The van der Waals surface area contributed by atoms with E-state index in [1.807, 2.05) is 6.92 Å². The van der Waals surface area contributed by atoms with E-state index >= 15 is 0 Å². The van der Waals surface area contributed by atoms with Crippen molar-refractivity contribution in [2.24, 2.45) is 0 Å². The Kier molecular flexibility index (Phi) is 5.18. The van der Waals surface area contributed by atoms with Crippen LogP contribution in [0.15, 0.2) is 4.52 Å². The number of aromatic nitrogens is 2. The molecule has 0 spiro atoms. The monoisotopic (exact) mass is 246 g/mol. The molecule has 0 saturated carbocycles. The van der Waals surface area contributed by atoms with Crippen LogP contribution in [0.5, 0.6) is 0 Å². The molecular weight excluding hydrogens is 228 g/mol. The number of aryl methyl sites for hydroxylation is 1. The molecule has 1 atom stereocenters. The number of nitrogens with one attached hydrogen (secondary N) is 1. The van der Waals surface area contributed by atoms with Crippen molar-refractivity contribution in [2.75, 3.05) is 19.6 Å². The molecule has 0 amide bonds. The smallest absolute Gasteiger partial charge is 0.226 e. The molecule has 1 aliphatic rings. The lowest BCUT2D eigenvalue weighted by Crippen LogP contribution is -2.49. The van der Waals surface area contributed by atoms with E-state index in [1.165, 1.54) is 0 Å². The summed E-state index contributed by atoms with van der Waals surface area (Å²) >= 11 is 0. The highest BCUT2D eigenvalue weighted by Crippen LogP contribution is 2.07. The molecular formula is C10H19ClN4O. The van der Waals surface area contributed by atoms with E-state index in [-0.39, 0.29) is 12.4 Å². The minimum Gasteiger partial charge on any atom is -0.339 e. The van der Waals surface area contributed by atoms with Crippen LogP contribution in [-0.2, 0) is 13.0 Å². The summed E-state index contributed by atoms with van der Waals surface area (Å²) in [5.74, 6) is 1.54. The van der Waals surface area contributed by atoms with E-state index in [4.69, 9.17) is 4.52 Å². The van der Waals surface area contributed by atoms with Crippen LogP contribution in [0.25, 0.3) is 0 Å². The lowest BCUT2D eigenvalue weighted by molar-refractivity contribution is 0.160. The second kappa shape index (κ2) is 6.18. The van der Waals surface area contributed by atoms with Gasteiger partial charge in [0.25, 0.3) is 0 Å². The highest BCUT2D eigenvalue weighted by molar-refractivity contribution is 5.85. The maximum atomic E-state index is 5.09. The molecule has 1 aromatic rings. The Hall–Kier alpha value is -0.650. The first-order valence-electron chi connectivity index (χ1n) is 5.56. The van der Waals surface area contributed by atoms with Crippen LogP contribution in [-0.4, -0.2) is 40.7 Å². The largest absolute Gasteiger partial charge is 0.339 e. The van der Waals surface area contributed by atoms with Gasteiger partial charge >= 0.3 is 0 Å². The van der Waals surface area contributed by atoms with Crippen molar-refractivity contribution in [1.82, 2.24) is 20.4 Å². The normalized spacial score (nSPS) is 21.8. The Bertz CT molecular complexity index is 318.